The predicted molar refractivity (Wildman–Crippen MR) is 53.2 cm³/mol. The van der Waals surface area contributed by atoms with Gasteiger partial charge in [-0.1, -0.05) is 12.8 Å². The molecule has 0 spiro atoms. The maximum Gasteiger partial charge on any atom is 0.224 e. The van der Waals surface area contributed by atoms with Gasteiger partial charge in [-0.15, -0.1) is 0 Å². The SMILES string of the molecule is CC(C)NC(=O)[C@@H]1CCCC[C@H]1N. The summed E-state index contributed by atoms with van der Waals surface area (Å²) in [5, 5.41) is 2.92. The average Bonchev–Trinajstić information content (AvgIpc) is 2.03. The summed E-state index contributed by atoms with van der Waals surface area (Å²) in [7, 11) is 0. The maximum atomic E-state index is 11.6. The highest BCUT2D eigenvalue weighted by atomic mass is 16.2. The lowest BCUT2D eigenvalue weighted by Crippen LogP contribution is -2.45. The standard InChI is InChI=1S/C10H20N2O/c1-7(2)12-10(13)8-5-3-4-6-9(8)11/h7-9H,3-6,11H2,1-2H3,(H,12,13)/t8-,9-/m1/s1. The van der Waals surface area contributed by atoms with Crippen molar-refractivity contribution >= 4 is 5.91 Å². The normalized spacial score (nSPS) is 28.9. The minimum atomic E-state index is 0.0520. The van der Waals surface area contributed by atoms with E-state index in [1.165, 1.54) is 6.42 Å². The Morgan fingerprint density at radius 3 is 2.54 bits per heavy atom. The van der Waals surface area contributed by atoms with Crippen LogP contribution in [-0.4, -0.2) is 18.0 Å². The van der Waals surface area contributed by atoms with Gasteiger partial charge in [0.2, 0.25) is 5.91 Å². The van der Waals surface area contributed by atoms with E-state index in [1.54, 1.807) is 0 Å². The fourth-order valence-corrected chi connectivity index (χ4v) is 1.88. The lowest BCUT2D eigenvalue weighted by molar-refractivity contribution is -0.126. The lowest BCUT2D eigenvalue weighted by atomic mass is 9.84. The van der Waals surface area contributed by atoms with E-state index in [9.17, 15) is 4.79 Å². The average molecular weight is 184 g/mol. The molecule has 1 fully saturated rings. The highest BCUT2D eigenvalue weighted by Gasteiger charge is 2.28. The second kappa shape index (κ2) is 4.61. The van der Waals surface area contributed by atoms with Crippen molar-refractivity contribution in [3.63, 3.8) is 0 Å². The van der Waals surface area contributed by atoms with Crippen molar-refractivity contribution in [3.8, 4) is 0 Å². The van der Waals surface area contributed by atoms with Gasteiger partial charge in [0, 0.05) is 12.1 Å². The number of hydrogen-bond donors (Lipinski definition) is 2. The van der Waals surface area contributed by atoms with Crippen LogP contribution in [0.4, 0.5) is 0 Å². The molecule has 0 aromatic rings. The van der Waals surface area contributed by atoms with Gasteiger partial charge in [0.25, 0.3) is 0 Å². The molecule has 1 aliphatic rings. The van der Waals surface area contributed by atoms with E-state index < -0.39 is 0 Å². The van der Waals surface area contributed by atoms with E-state index in [0.29, 0.717) is 0 Å². The number of carbonyl (C=O) groups is 1. The van der Waals surface area contributed by atoms with Crippen LogP contribution in [-0.2, 0) is 4.79 Å². The first-order valence-corrected chi connectivity index (χ1v) is 5.17. The minimum absolute atomic E-state index is 0.0520. The van der Waals surface area contributed by atoms with E-state index >= 15 is 0 Å². The second-order valence-electron chi connectivity index (χ2n) is 4.22. The van der Waals surface area contributed by atoms with Crippen LogP contribution in [0, 0.1) is 5.92 Å². The van der Waals surface area contributed by atoms with Crippen LogP contribution in [0.5, 0.6) is 0 Å². The van der Waals surface area contributed by atoms with Gasteiger partial charge in [0.05, 0.1) is 5.92 Å². The smallest absolute Gasteiger partial charge is 0.224 e. The topological polar surface area (TPSA) is 55.1 Å². The first-order valence-electron chi connectivity index (χ1n) is 5.17. The Bertz CT molecular complexity index is 180. The lowest BCUT2D eigenvalue weighted by Gasteiger charge is -2.28. The number of carbonyl (C=O) groups excluding carboxylic acids is 1. The second-order valence-corrected chi connectivity index (χ2v) is 4.22. The van der Waals surface area contributed by atoms with E-state index in [1.807, 2.05) is 13.8 Å². The molecule has 0 bridgehead atoms. The largest absolute Gasteiger partial charge is 0.354 e. The monoisotopic (exact) mass is 184 g/mol. The molecule has 76 valence electrons. The molecule has 2 atom stereocenters. The van der Waals surface area contributed by atoms with Crippen LogP contribution in [0.15, 0.2) is 0 Å². The molecular formula is C10H20N2O. The molecule has 0 aromatic carbocycles. The first-order chi connectivity index (χ1) is 6.11. The molecule has 0 unspecified atom stereocenters. The van der Waals surface area contributed by atoms with Gasteiger partial charge in [-0.05, 0) is 26.7 Å². The summed E-state index contributed by atoms with van der Waals surface area (Å²) in [6.45, 7) is 3.96. The highest BCUT2D eigenvalue weighted by Crippen LogP contribution is 2.22. The Morgan fingerprint density at radius 2 is 2.00 bits per heavy atom. The van der Waals surface area contributed by atoms with Crippen LogP contribution in [0.2, 0.25) is 0 Å². The molecule has 3 nitrogen and oxygen atoms in total. The highest BCUT2D eigenvalue weighted by molar-refractivity contribution is 5.79. The van der Waals surface area contributed by atoms with Crippen LogP contribution in [0.3, 0.4) is 0 Å². The summed E-state index contributed by atoms with van der Waals surface area (Å²) in [6.07, 6.45) is 4.27. The third kappa shape index (κ3) is 2.99. The number of nitrogens with one attached hydrogen (secondary N) is 1. The van der Waals surface area contributed by atoms with Gasteiger partial charge in [-0.2, -0.15) is 0 Å². The van der Waals surface area contributed by atoms with Crippen molar-refractivity contribution < 1.29 is 4.79 Å². The molecule has 1 saturated carbocycles. The van der Waals surface area contributed by atoms with Crippen molar-refractivity contribution in [3.05, 3.63) is 0 Å². The summed E-state index contributed by atoms with van der Waals surface area (Å²) in [6, 6.07) is 0.300. The molecule has 1 aliphatic carbocycles. The zero-order valence-electron chi connectivity index (χ0n) is 8.55. The molecule has 0 radical (unpaired) electrons. The summed E-state index contributed by atoms with van der Waals surface area (Å²) in [5.41, 5.74) is 5.89. The van der Waals surface area contributed by atoms with Crippen molar-refractivity contribution in [2.75, 3.05) is 0 Å². The molecule has 1 amide bonds. The van der Waals surface area contributed by atoms with Crippen LogP contribution >= 0.6 is 0 Å². The Hall–Kier alpha value is -0.570. The van der Waals surface area contributed by atoms with E-state index in [4.69, 9.17) is 5.73 Å². The molecule has 0 aliphatic heterocycles. The van der Waals surface area contributed by atoms with E-state index in [-0.39, 0.29) is 23.9 Å². The quantitative estimate of drug-likeness (QED) is 0.673. The first kappa shape index (κ1) is 10.5. The predicted octanol–water partition coefficient (Wildman–Crippen LogP) is 1.03. The van der Waals surface area contributed by atoms with Gasteiger partial charge in [0.1, 0.15) is 0 Å². The third-order valence-electron chi connectivity index (χ3n) is 2.59. The van der Waals surface area contributed by atoms with Gasteiger partial charge >= 0.3 is 0 Å². The third-order valence-corrected chi connectivity index (χ3v) is 2.59. The van der Waals surface area contributed by atoms with Crippen molar-refractivity contribution in [2.45, 2.75) is 51.6 Å². The van der Waals surface area contributed by atoms with Crippen molar-refractivity contribution in [1.29, 1.82) is 0 Å². The van der Waals surface area contributed by atoms with E-state index in [0.717, 1.165) is 19.3 Å². The zero-order chi connectivity index (χ0) is 9.84. The molecule has 0 saturated heterocycles. The fraction of sp³-hybridized carbons (Fsp3) is 0.900. The number of rotatable bonds is 2. The number of nitrogens with two attached hydrogens (primary N) is 1. The molecule has 3 heteroatoms. The molecule has 1 rings (SSSR count). The summed E-state index contributed by atoms with van der Waals surface area (Å²) in [4.78, 5) is 11.6. The Labute approximate surface area is 80.1 Å². The van der Waals surface area contributed by atoms with Gasteiger partial charge in [0.15, 0.2) is 0 Å². The summed E-state index contributed by atoms with van der Waals surface area (Å²) in [5.74, 6) is 0.193. The molecule has 13 heavy (non-hydrogen) atoms. The minimum Gasteiger partial charge on any atom is -0.354 e. The van der Waals surface area contributed by atoms with Crippen LogP contribution < -0.4 is 11.1 Å². The molecule has 0 heterocycles. The van der Waals surface area contributed by atoms with E-state index in [2.05, 4.69) is 5.32 Å². The van der Waals surface area contributed by atoms with Gasteiger partial charge in [-0.3, -0.25) is 4.79 Å². The van der Waals surface area contributed by atoms with Crippen molar-refractivity contribution in [2.24, 2.45) is 11.7 Å². The van der Waals surface area contributed by atoms with Gasteiger partial charge in [-0.25, -0.2) is 0 Å². The van der Waals surface area contributed by atoms with Crippen molar-refractivity contribution in [1.82, 2.24) is 5.32 Å². The summed E-state index contributed by atoms with van der Waals surface area (Å²) < 4.78 is 0. The van der Waals surface area contributed by atoms with Gasteiger partial charge < -0.3 is 11.1 Å². The van der Waals surface area contributed by atoms with Crippen LogP contribution in [0.25, 0.3) is 0 Å². The fourth-order valence-electron chi connectivity index (χ4n) is 1.88. The Balaban J connectivity index is 2.44. The molecular weight excluding hydrogens is 164 g/mol. The maximum absolute atomic E-state index is 11.6. The Kier molecular flexibility index (Phi) is 3.72. The zero-order valence-corrected chi connectivity index (χ0v) is 8.55. The van der Waals surface area contributed by atoms with Crippen LogP contribution in [0.1, 0.15) is 39.5 Å². The number of hydrogen-bond acceptors (Lipinski definition) is 2. The number of amides is 1. The molecule has 3 N–H and O–H groups in total. The molecule has 0 aromatic heterocycles. The Morgan fingerprint density at radius 1 is 1.38 bits per heavy atom. The summed E-state index contributed by atoms with van der Waals surface area (Å²) >= 11 is 0.